The molecule has 0 aliphatic rings. The van der Waals surface area contributed by atoms with Crippen molar-refractivity contribution >= 4 is 16.0 Å². The molecule has 7 heteroatoms. The molecule has 1 N–H and O–H groups in total. The van der Waals surface area contributed by atoms with Gasteiger partial charge in [-0.05, 0) is 17.4 Å². The van der Waals surface area contributed by atoms with Gasteiger partial charge in [0, 0.05) is 7.11 Å². The van der Waals surface area contributed by atoms with Crippen LogP contribution in [0, 0.1) is 0 Å². The first-order chi connectivity index (χ1) is 8.44. The van der Waals surface area contributed by atoms with Crippen LogP contribution in [0.5, 0.6) is 0 Å². The zero-order valence-electron chi connectivity index (χ0n) is 10.1. The lowest BCUT2D eigenvalue weighted by atomic mass is 10.2. The van der Waals surface area contributed by atoms with Crippen LogP contribution in [0.15, 0.2) is 30.3 Å². The first-order valence-electron chi connectivity index (χ1n) is 5.21. The number of sulfonamides is 1. The van der Waals surface area contributed by atoms with Crippen LogP contribution in [0.4, 0.5) is 0 Å². The Bertz CT molecular complexity index is 485. The number of methoxy groups -OCH3 is 1. The molecule has 0 aliphatic carbocycles. The minimum absolute atomic E-state index is 0.261. The molecule has 18 heavy (non-hydrogen) atoms. The number of carbonyl (C=O) groups is 1. The summed E-state index contributed by atoms with van der Waals surface area (Å²) in [6.07, 6.45) is -0.829. The number of benzene rings is 1. The Hall–Kier alpha value is -1.44. The summed E-state index contributed by atoms with van der Waals surface area (Å²) in [5, 5.41) is 0. The predicted molar refractivity (Wildman–Crippen MR) is 64.8 cm³/mol. The van der Waals surface area contributed by atoms with Gasteiger partial charge < -0.3 is 9.57 Å². The van der Waals surface area contributed by atoms with E-state index in [2.05, 4.69) is 9.57 Å². The van der Waals surface area contributed by atoms with Crippen LogP contribution in [0.2, 0.25) is 0 Å². The molecule has 1 rings (SSSR count). The van der Waals surface area contributed by atoms with E-state index in [0.29, 0.717) is 5.56 Å². The van der Waals surface area contributed by atoms with Gasteiger partial charge in [-0.1, -0.05) is 30.3 Å². The highest BCUT2D eigenvalue weighted by Crippen LogP contribution is 2.04. The van der Waals surface area contributed by atoms with Crippen LogP contribution >= 0.6 is 0 Å². The average molecular weight is 273 g/mol. The Morgan fingerprint density at radius 2 is 1.94 bits per heavy atom. The monoisotopic (exact) mass is 273 g/mol. The summed E-state index contributed by atoms with van der Waals surface area (Å²) >= 11 is 0. The van der Waals surface area contributed by atoms with E-state index < -0.39 is 22.1 Å². The Morgan fingerprint density at radius 1 is 1.33 bits per heavy atom. The van der Waals surface area contributed by atoms with Crippen molar-refractivity contribution in [1.82, 2.24) is 4.89 Å². The van der Waals surface area contributed by atoms with Crippen molar-refractivity contribution < 1.29 is 22.8 Å². The molecule has 0 heterocycles. The topological polar surface area (TPSA) is 81.7 Å². The first-order valence-corrected chi connectivity index (χ1v) is 6.86. The number of hydrogen-bond donors (Lipinski definition) is 1. The van der Waals surface area contributed by atoms with E-state index in [-0.39, 0.29) is 5.75 Å². The lowest BCUT2D eigenvalue weighted by Gasteiger charge is -2.10. The second-order valence-electron chi connectivity index (χ2n) is 3.63. The average Bonchev–Trinajstić information content (AvgIpc) is 2.35. The molecule has 0 aliphatic heterocycles. The van der Waals surface area contributed by atoms with Gasteiger partial charge in [-0.15, -0.1) is 0 Å². The molecule has 0 spiro atoms. The van der Waals surface area contributed by atoms with Gasteiger partial charge in [-0.2, -0.15) is 0 Å². The molecule has 0 amide bonds. The van der Waals surface area contributed by atoms with Gasteiger partial charge in [0.05, 0.1) is 5.75 Å². The standard InChI is InChI=1S/C11H15NO5S/c1-9(16-2)11(13)17-12-18(14,15)8-10-6-4-3-5-7-10/h3-7,9,12H,8H2,1-2H3. The fourth-order valence-electron chi connectivity index (χ4n) is 1.11. The molecular formula is C11H15NO5S. The lowest BCUT2D eigenvalue weighted by molar-refractivity contribution is -0.157. The minimum Gasteiger partial charge on any atom is -0.370 e. The SMILES string of the molecule is COC(C)C(=O)ONS(=O)(=O)Cc1ccccc1. The molecule has 1 unspecified atom stereocenters. The first kappa shape index (κ1) is 14.6. The molecule has 1 aromatic carbocycles. The minimum atomic E-state index is -3.72. The summed E-state index contributed by atoms with van der Waals surface area (Å²) in [7, 11) is -2.40. The Labute approximate surface area is 106 Å². The molecule has 0 bridgehead atoms. The maximum atomic E-state index is 11.6. The molecule has 0 saturated carbocycles. The summed E-state index contributed by atoms with van der Waals surface area (Å²) in [5.41, 5.74) is 0.598. The number of rotatable bonds is 6. The van der Waals surface area contributed by atoms with E-state index in [4.69, 9.17) is 0 Å². The molecule has 0 saturated heterocycles. The lowest BCUT2D eigenvalue weighted by Crippen LogP contribution is -2.33. The Kier molecular flexibility index (Phi) is 5.26. The number of nitrogens with one attached hydrogen (secondary N) is 1. The van der Waals surface area contributed by atoms with Crippen molar-refractivity contribution in [3.63, 3.8) is 0 Å². The van der Waals surface area contributed by atoms with E-state index in [9.17, 15) is 13.2 Å². The maximum Gasteiger partial charge on any atom is 0.354 e. The summed E-state index contributed by atoms with van der Waals surface area (Å²) in [4.78, 5) is 17.4. The summed E-state index contributed by atoms with van der Waals surface area (Å²) in [5.74, 6) is -1.06. The van der Waals surface area contributed by atoms with Gasteiger partial charge >= 0.3 is 5.97 Å². The second-order valence-corrected chi connectivity index (χ2v) is 5.31. The fourth-order valence-corrected chi connectivity index (χ4v) is 2.01. The Balaban J connectivity index is 2.53. The fraction of sp³-hybridized carbons (Fsp3) is 0.364. The molecule has 1 aromatic rings. The zero-order valence-corrected chi connectivity index (χ0v) is 10.9. The highest BCUT2D eigenvalue weighted by Gasteiger charge is 2.18. The van der Waals surface area contributed by atoms with Crippen LogP contribution in [-0.4, -0.2) is 27.6 Å². The third-order valence-corrected chi connectivity index (χ3v) is 3.20. The van der Waals surface area contributed by atoms with Gasteiger partial charge in [0.2, 0.25) is 10.0 Å². The summed E-state index contributed by atoms with van der Waals surface area (Å²) in [6, 6.07) is 8.56. The van der Waals surface area contributed by atoms with E-state index in [1.165, 1.54) is 14.0 Å². The normalized spacial score (nSPS) is 13.0. The van der Waals surface area contributed by atoms with E-state index in [1.807, 2.05) is 0 Å². The zero-order chi connectivity index (χ0) is 13.6. The molecule has 0 fully saturated rings. The third-order valence-electron chi connectivity index (χ3n) is 2.15. The van der Waals surface area contributed by atoms with Gasteiger partial charge in [-0.25, -0.2) is 13.2 Å². The highest BCUT2D eigenvalue weighted by atomic mass is 32.2. The summed E-state index contributed by atoms with van der Waals surface area (Å²) in [6.45, 7) is 1.45. The molecule has 0 aromatic heterocycles. The van der Waals surface area contributed by atoms with Crippen molar-refractivity contribution in [1.29, 1.82) is 0 Å². The highest BCUT2D eigenvalue weighted by molar-refractivity contribution is 7.88. The van der Waals surface area contributed by atoms with Gasteiger partial charge in [0.1, 0.15) is 0 Å². The van der Waals surface area contributed by atoms with Crippen LogP contribution in [0.25, 0.3) is 0 Å². The van der Waals surface area contributed by atoms with Crippen molar-refractivity contribution in [3.05, 3.63) is 35.9 Å². The van der Waals surface area contributed by atoms with Crippen LogP contribution in [0.3, 0.4) is 0 Å². The van der Waals surface area contributed by atoms with Crippen LogP contribution < -0.4 is 4.89 Å². The van der Waals surface area contributed by atoms with Gasteiger partial charge in [0.25, 0.3) is 0 Å². The van der Waals surface area contributed by atoms with Crippen molar-refractivity contribution in [2.24, 2.45) is 0 Å². The van der Waals surface area contributed by atoms with Crippen molar-refractivity contribution in [2.75, 3.05) is 7.11 Å². The number of carbonyl (C=O) groups excluding carboxylic acids is 1. The van der Waals surface area contributed by atoms with Gasteiger partial charge in [-0.3, -0.25) is 0 Å². The number of hydrogen-bond acceptors (Lipinski definition) is 5. The van der Waals surface area contributed by atoms with E-state index >= 15 is 0 Å². The number of ether oxygens (including phenoxy) is 1. The smallest absolute Gasteiger partial charge is 0.354 e. The maximum absolute atomic E-state index is 11.6. The van der Waals surface area contributed by atoms with E-state index in [0.717, 1.165) is 0 Å². The summed E-state index contributed by atoms with van der Waals surface area (Å²) < 4.78 is 27.9. The molecule has 100 valence electrons. The molecule has 0 radical (unpaired) electrons. The second kappa shape index (κ2) is 6.48. The quantitative estimate of drug-likeness (QED) is 0.767. The Morgan fingerprint density at radius 3 is 2.50 bits per heavy atom. The van der Waals surface area contributed by atoms with Crippen LogP contribution in [0.1, 0.15) is 12.5 Å². The predicted octanol–water partition coefficient (Wildman–Crippen LogP) is 0.599. The van der Waals surface area contributed by atoms with Crippen molar-refractivity contribution in [2.45, 2.75) is 18.8 Å². The van der Waals surface area contributed by atoms with E-state index in [1.54, 1.807) is 35.2 Å². The molecular weight excluding hydrogens is 258 g/mol. The largest absolute Gasteiger partial charge is 0.370 e. The third kappa shape index (κ3) is 4.82. The van der Waals surface area contributed by atoms with Gasteiger partial charge in [0.15, 0.2) is 6.10 Å². The van der Waals surface area contributed by atoms with Crippen molar-refractivity contribution in [3.8, 4) is 0 Å². The molecule has 1 atom stereocenters. The van der Waals surface area contributed by atoms with Crippen LogP contribution in [-0.2, 0) is 30.1 Å². The molecule has 6 nitrogen and oxygen atoms in total.